The first kappa shape index (κ1) is 15.0. The van der Waals surface area contributed by atoms with E-state index < -0.39 is 10.0 Å². The Morgan fingerprint density at radius 3 is 2.55 bits per heavy atom. The third kappa shape index (κ3) is 3.20. The highest BCUT2D eigenvalue weighted by Gasteiger charge is 2.16. The van der Waals surface area contributed by atoms with Crippen molar-refractivity contribution < 1.29 is 13.5 Å². The lowest BCUT2D eigenvalue weighted by molar-refractivity contribution is 0.281. The van der Waals surface area contributed by atoms with Crippen LogP contribution in [0, 0.1) is 6.92 Å². The van der Waals surface area contributed by atoms with Gasteiger partial charge in [0, 0.05) is 4.47 Å². The van der Waals surface area contributed by atoms with Crippen LogP contribution in [-0.4, -0.2) is 13.5 Å². The van der Waals surface area contributed by atoms with Crippen molar-refractivity contribution in [2.75, 3.05) is 4.72 Å². The minimum Gasteiger partial charge on any atom is -0.392 e. The molecule has 0 aliphatic heterocycles. The van der Waals surface area contributed by atoms with Crippen molar-refractivity contribution in [3.63, 3.8) is 0 Å². The fourth-order valence-corrected chi connectivity index (χ4v) is 3.38. The van der Waals surface area contributed by atoms with Crippen LogP contribution in [0.25, 0.3) is 0 Å². The molecule has 0 aliphatic carbocycles. The quantitative estimate of drug-likeness (QED) is 0.885. The number of rotatable bonds is 4. The predicted octanol–water partition coefficient (Wildman–Crippen LogP) is 3.05. The number of aryl methyl sites for hydroxylation is 1. The molecule has 0 spiro atoms. The molecule has 0 bridgehead atoms. The molecule has 0 saturated heterocycles. The average Bonchev–Trinajstić information content (AvgIpc) is 2.41. The fraction of sp³-hybridized carbons (Fsp3) is 0.143. The normalized spacial score (nSPS) is 11.3. The second-order valence-electron chi connectivity index (χ2n) is 4.33. The fourth-order valence-electron chi connectivity index (χ4n) is 1.73. The van der Waals surface area contributed by atoms with E-state index in [1.165, 1.54) is 12.1 Å². The minimum absolute atomic E-state index is 0.128. The number of sulfonamides is 1. The van der Waals surface area contributed by atoms with Gasteiger partial charge in [-0.3, -0.25) is 4.72 Å². The van der Waals surface area contributed by atoms with Crippen LogP contribution in [0.5, 0.6) is 0 Å². The van der Waals surface area contributed by atoms with E-state index in [0.29, 0.717) is 15.7 Å². The zero-order valence-corrected chi connectivity index (χ0v) is 13.2. The maximum atomic E-state index is 12.3. The lowest BCUT2D eigenvalue weighted by Gasteiger charge is -2.11. The molecule has 0 heterocycles. The number of nitrogens with one attached hydrogen (secondary N) is 1. The first-order valence-corrected chi connectivity index (χ1v) is 8.19. The van der Waals surface area contributed by atoms with Gasteiger partial charge in [0.15, 0.2) is 0 Å². The van der Waals surface area contributed by atoms with Crippen LogP contribution < -0.4 is 4.72 Å². The van der Waals surface area contributed by atoms with Gasteiger partial charge < -0.3 is 5.11 Å². The molecule has 0 radical (unpaired) electrons. The molecule has 2 aromatic rings. The molecule has 6 heteroatoms. The molecular formula is C14H14BrNO3S. The van der Waals surface area contributed by atoms with E-state index in [1.807, 2.05) is 6.92 Å². The van der Waals surface area contributed by atoms with Gasteiger partial charge in [0.2, 0.25) is 0 Å². The summed E-state index contributed by atoms with van der Waals surface area (Å²) in [7, 11) is -3.68. The average molecular weight is 356 g/mol. The van der Waals surface area contributed by atoms with Gasteiger partial charge in [-0.25, -0.2) is 8.42 Å². The van der Waals surface area contributed by atoms with Gasteiger partial charge in [-0.1, -0.05) is 18.2 Å². The lowest BCUT2D eigenvalue weighted by atomic mass is 10.1. The van der Waals surface area contributed by atoms with E-state index in [0.717, 1.165) is 5.56 Å². The monoisotopic (exact) mass is 355 g/mol. The predicted molar refractivity (Wildman–Crippen MR) is 82.1 cm³/mol. The maximum Gasteiger partial charge on any atom is 0.261 e. The van der Waals surface area contributed by atoms with Crippen molar-refractivity contribution in [1.29, 1.82) is 0 Å². The van der Waals surface area contributed by atoms with Gasteiger partial charge >= 0.3 is 0 Å². The molecule has 0 fully saturated rings. The number of hydrogen-bond acceptors (Lipinski definition) is 3. The molecule has 0 saturated carbocycles. The van der Waals surface area contributed by atoms with Crippen molar-refractivity contribution in [3.05, 3.63) is 58.1 Å². The SMILES string of the molecule is Cc1ccc(S(=O)(=O)Nc2ccccc2Br)cc1CO. The second-order valence-corrected chi connectivity index (χ2v) is 6.87. The highest BCUT2D eigenvalue weighted by molar-refractivity contribution is 9.10. The lowest BCUT2D eigenvalue weighted by Crippen LogP contribution is -2.13. The van der Waals surface area contributed by atoms with Gasteiger partial charge in [0.05, 0.1) is 17.2 Å². The number of benzene rings is 2. The summed E-state index contributed by atoms with van der Waals surface area (Å²) in [5, 5.41) is 9.22. The molecule has 2 N–H and O–H groups in total. The Hall–Kier alpha value is -1.37. The highest BCUT2D eigenvalue weighted by Crippen LogP contribution is 2.25. The van der Waals surface area contributed by atoms with E-state index in [4.69, 9.17) is 0 Å². The van der Waals surface area contributed by atoms with Crippen LogP contribution in [0.15, 0.2) is 51.8 Å². The van der Waals surface area contributed by atoms with Crippen LogP contribution in [-0.2, 0) is 16.6 Å². The molecule has 2 rings (SSSR count). The summed E-state index contributed by atoms with van der Waals surface area (Å²) < 4.78 is 27.8. The van der Waals surface area contributed by atoms with E-state index in [9.17, 15) is 13.5 Å². The highest BCUT2D eigenvalue weighted by atomic mass is 79.9. The van der Waals surface area contributed by atoms with Gasteiger partial charge in [0.25, 0.3) is 10.0 Å². The van der Waals surface area contributed by atoms with Crippen molar-refractivity contribution in [3.8, 4) is 0 Å². The van der Waals surface area contributed by atoms with E-state index in [2.05, 4.69) is 20.7 Å². The van der Waals surface area contributed by atoms with E-state index in [1.54, 1.807) is 30.3 Å². The number of anilines is 1. The van der Waals surface area contributed by atoms with Crippen molar-refractivity contribution in [2.24, 2.45) is 0 Å². The van der Waals surface area contributed by atoms with Crippen LogP contribution in [0.2, 0.25) is 0 Å². The van der Waals surface area contributed by atoms with E-state index >= 15 is 0 Å². The molecule has 0 aromatic heterocycles. The topological polar surface area (TPSA) is 66.4 Å². The van der Waals surface area contributed by atoms with Crippen LogP contribution in [0.4, 0.5) is 5.69 Å². The molecule has 0 unspecified atom stereocenters. The Morgan fingerprint density at radius 2 is 1.90 bits per heavy atom. The molecule has 2 aromatic carbocycles. The largest absolute Gasteiger partial charge is 0.392 e. The number of aliphatic hydroxyl groups is 1. The summed E-state index contributed by atoms with van der Waals surface area (Å²) in [5.41, 5.74) is 1.92. The third-order valence-corrected chi connectivity index (χ3v) is 4.97. The Kier molecular flexibility index (Phi) is 4.47. The molecule has 0 aliphatic rings. The molecule has 0 atom stereocenters. The number of para-hydroxylation sites is 1. The molecule has 4 nitrogen and oxygen atoms in total. The summed E-state index contributed by atoms with van der Waals surface area (Å²) in [6.07, 6.45) is 0. The van der Waals surface area contributed by atoms with E-state index in [-0.39, 0.29) is 11.5 Å². The third-order valence-electron chi connectivity index (χ3n) is 2.92. The summed E-state index contributed by atoms with van der Waals surface area (Å²) in [6, 6.07) is 11.7. The standard InChI is InChI=1S/C14H14BrNO3S/c1-10-6-7-12(8-11(10)9-17)20(18,19)16-14-5-3-2-4-13(14)15/h2-8,16-17H,9H2,1H3. The second kappa shape index (κ2) is 5.95. The van der Waals surface area contributed by atoms with Crippen molar-refractivity contribution in [1.82, 2.24) is 0 Å². The zero-order chi connectivity index (χ0) is 14.8. The Balaban J connectivity index is 2.38. The first-order valence-electron chi connectivity index (χ1n) is 5.92. The summed E-state index contributed by atoms with van der Waals surface area (Å²) in [5.74, 6) is 0. The summed E-state index contributed by atoms with van der Waals surface area (Å²) in [6.45, 7) is 1.63. The van der Waals surface area contributed by atoms with Crippen LogP contribution in [0.3, 0.4) is 0 Å². The number of hydrogen-bond donors (Lipinski definition) is 2. The Morgan fingerprint density at radius 1 is 1.20 bits per heavy atom. The summed E-state index contributed by atoms with van der Waals surface area (Å²) in [4.78, 5) is 0.128. The zero-order valence-electron chi connectivity index (χ0n) is 10.8. The summed E-state index contributed by atoms with van der Waals surface area (Å²) >= 11 is 3.29. The maximum absolute atomic E-state index is 12.3. The molecule has 0 amide bonds. The van der Waals surface area contributed by atoms with Gasteiger partial charge in [-0.05, 0) is 58.2 Å². The molecule has 20 heavy (non-hydrogen) atoms. The van der Waals surface area contributed by atoms with Crippen molar-refractivity contribution >= 4 is 31.6 Å². The number of halogens is 1. The minimum atomic E-state index is -3.68. The van der Waals surface area contributed by atoms with Crippen LogP contribution in [0.1, 0.15) is 11.1 Å². The number of aliphatic hydroxyl groups excluding tert-OH is 1. The van der Waals surface area contributed by atoms with Crippen LogP contribution >= 0.6 is 15.9 Å². The van der Waals surface area contributed by atoms with Crippen molar-refractivity contribution in [2.45, 2.75) is 18.4 Å². The Labute approximate surface area is 126 Å². The van der Waals surface area contributed by atoms with Gasteiger partial charge in [0.1, 0.15) is 0 Å². The molecule has 106 valence electrons. The first-order chi connectivity index (χ1) is 9.44. The Bertz CT molecular complexity index is 729. The smallest absolute Gasteiger partial charge is 0.261 e. The van der Waals surface area contributed by atoms with Gasteiger partial charge in [-0.2, -0.15) is 0 Å². The molecular weight excluding hydrogens is 342 g/mol. The van der Waals surface area contributed by atoms with Gasteiger partial charge in [-0.15, -0.1) is 0 Å².